The first-order chi connectivity index (χ1) is 29.1. The summed E-state index contributed by atoms with van der Waals surface area (Å²) in [4.78, 5) is 36.9. The fraction of sp³-hybridized carbons (Fsp3) is 0.596. The number of hydrogen-bond acceptors (Lipinski definition) is 7. The summed E-state index contributed by atoms with van der Waals surface area (Å²) in [7, 11) is 5.37. The monoisotopic (exact) mass is 834 g/mol. The molecule has 0 aliphatic carbocycles. The van der Waals surface area contributed by atoms with E-state index >= 15 is 0 Å². The molecule has 0 aromatic carbocycles. The van der Waals surface area contributed by atoms with Crippen LogP contribution in [0.2, 0.25) is 0 Å². The van der Waals surface area contributed by atoms with Crippen LogP contribution in [0.25, 0.3) is 0 Å². The number of likely N-dealkylation sites (N-methyl/N-ethyl adjacent to an activating group) is 1. The summed E-state index contributed by atoms with van der Waals surface area (Å²) >= 11 is 0. The maximum absolute atomic E-state index is 12.7. The molecule has 0 fully saturated rings. The third-order valence-electron chi connectivity index (χ3n) is 9.50. The number of esters is 2. The van der Waals surface area contributed by atoms with Gasteiger partial charge in [0.2, 0.25) is 0 Å². The lowest BCUT2D eigenvalue weighted by Gasteiger charge is -2.34. The third kappa shape index (κ3) is 39.5. The zero-order valence-corrected chi connectivity index (χ0v) is 38.3. The number of unbranched alkanes of at least 4 members (excludes halogenated alkanes) is 10. The van der Waals surface area contributed by atoms with Crippen molar-refractivity contribution in [3.63, 3.8) is 0 Å². The maximum atomic E-state index is 12.7. The van der Waals surface area contributed by atoms with Gasteiger partial charge in [-0.15, -0.1) is 0 Å². The zero-order valence-electron chi connectivity index (χ0n) is 38.3. The molecule has 0 aromatic rings. The molecule has 0 saturated carbocycles. The SMILES string of the molecule is CC/C=C/C=C/C=C/C=C/CCCCCC(=O)OC(COCCC(C(=O)[O-])[N+](C)(C)C)COC(=O)CCCCCCCCC/C=C/C/C=C/C/C=C/C/C=C/C/C=C/CC. The van der Waals surface area contributed by atoms with Crippen LogP contribution in [0.1, 0.15) is 149 Å². The second-order valence-electron chi connectivity index (χ2n) is 16.0. The van der Waals surface area contributed by atoms with Gasteiger partial charge in [-0.1, -0.05) is 162 Å². The van der Waals surface area contributed by atoms with Crippen LogP contribution in [-0.4, -0.2) is 75.5 Å². The zero-order chi connectivity index (χ0) is 44.2. The Morgan fingerprint density at radius 3 is 1.52 bits per heavy atom. The molecule has 338 valence electrons. The Morgan fingerprint density at radius 1 is 0.517 bits per heavy atom. The molecule has 0 bridgehead atoms. The molecule has 0 heterocycles. The Hall–Kier alpha value is -4.01. The van der Waals surface area contributed by atoms with Crippen molar-refractivity contribution in [1.82, 2.24) is 0 Å². The number of nitrogens with zero attached hydrogens (tertiary/aromatic N) is 1. The van der Waals surface area contributed by atoms with E-state index in [-0.39, 0.29) is 49.1 Å². The molecule has 0 aliphatic rings. The van der Waals surface area contributed by atoms with Crippen molar-refractivity contribution < 1.29 is 38.2 Å². The number of carboxylic acid groups (broad SMARTS) is 1. The van der Waals surface area contributed by atoms with Crippen LogP contribution in [0.5, 0.6) is 0 Å². The standard InChI is InChI=1S/C52H83NO7/c1-6-8-10-12-14-16-18-20-21-22-23-24-25-26-27-28-29-31-32-34-36-38-40-42-50(54)59-47-48(46-58-45-44-49(52(56)57)53(3,4)5)60-51(55)43-41-39-37-35-33-30-19-17-15-13-11-9-7-2/h8-11,13-17,19-21,23-24,26-27,30,33,48-49H,6-7,12,18,22,25,28-29,31-32,34-47H2,1-5H3/b10-8+,11-9+,15-13+,16-14+,19-17+,21-20+,24-23+,27-26+,33-30+. The second-order valence-corrected chi connectivity index (χ2v) is 16.0. The van der Waals surface area contributed by atoms with Gasteiger partial charge in [0.15, 0.2) is 6.10 Å². The lowest BCUT2D eigenvalue weighted by molar-refractivity contribution is -0.889. The number of ether oxygens (including phenoxy) is 3. The van der Waals surface area contributed by atoms with E-state index in [1.165, 1.54) is 19.3 Å². The largest absolute Gasteiger partial charge is 0.544 e. The number of allylic oxidation sites excluding steroid dienone is 18. The number of quaternary nitrogens is 1. The highest BCUT2D eigenvalue weighted by Gasteiger charge is 2.25. The van der Waals surface area contributed by atoms with Crippen LogP contribution < -0.4 is 5.11 Å². The van der Waals surface area contributed by atoms with E-state index in [1.807, 2.05) is 36.5 Å². The van der Waals surface area contributed by atoms with Crippen molar-refractivity contribution in [3.05, 3.63) is 109 Å². The smallest absolute Gasteiger partial charge is 0.306 e. The van der Waals surface area contributed by atoms with E-state index in [0.29, 0.717) is 12.8 Å². The molecule has 0 radical (unpaired) electrons. The summed E-state index contributed by atoms with van der Waals surface area (Å²) in [6.45, 7) is 4.32. The highest BCUT2D eigenvalue weighted by Crippen LogP contribution is 2.13. The van der Waals surface area contributed by atoms with Gasteiger partial charge < -0.3 is 28.6 Å². The lowest BCUT2D eigenvalue weighted by Crippen LogP contribution is -2.55. The van der Waals surface area contributed by atoms with Crippen LogP contribution in [0.4, 0.5) is 0 Å². The summed E-state index contributed by atoms with van der Waals surface area (Å²) in [5.41, 5.74) is 0. The molecular weight excluding hydrogens is 751 g/mol. The summed E-state index contributed by atoms with van der Waals surface area (Å²) in [5.74, 6) is -1.82. The molecule has 8 heteroatoms. The normalized spacial score (nSPS) is 13.9. The number of carbonyl (C=O) groups is 3. The lowest BCUT2D eigenvalue weighted by atomic mass is 10.1. The average molecular weight is 834 g/mol. The fourth-order valence-electron chi connectivity index (χ4n) is 5.99. The van der Waals surface area contributed by atoms with Gasteiger partial charge in [0.05, 0.1) is 40.3 Å². The van der Waals surface area contributed by atoms with E-state index in [2.05, 4.69) is 86.8 Å². The molecule has 0 rings (SSSR count). The highest BCUT2D eigenvalue weighted by atomic mass is 16.6. The van der Waals surface area contributed by atoms with Crippen molar-refractivity contribution >= 4 is 17.9 Å². The van der Waals surface area contributed by atoms with Gasteiger partial charge >= 0.3 is 11.9 Å². The molecule has 0 saturated heterocycles. The van der Waals surface area contributed by atoms with Gasteiger partial charge in [0, 0.05) is 19.3 Å². The predicted octanol–water partition coefficient (Wildman–Crippen LogP) is 11.5. The quantitative estimate of drug-likeness (QED) is 0.0200. The summed E-state index contributed by atoms with van der Waals surface area (Å²) in [5, 5.41) is 11.6. The minimum absolute atomic E-state index is 0.0133. The molecule has 0 amide bonds. The van der Waals surface area contributed by atoms with Gasteiger partial charge in [0.25, 0.3) is 0 Å². The first-order valence-corrected chi connectivity index (χ1v) is 23.0. The van der Waals surface area contributed by atoms with E-state index in [9.17, 15) is 19.5 Å². The third-order valence-corrected chi connectivity index (χ3v) is 9.50. The van der Waals surface area contributed by atoms with Gasteiger partial charge in [-0.3, -0.25) is 9.59 Å². The Bertz CT molecular complexity index is 1340. The Labute approximate surface area is 366 Å². The molecule has 60 heavy (non-hydrogen) atoms. The van der Waals surface area contributed by atoms with E-state index in [1.54, 1.807) is 21.1 Å². The van der Waals surface area contributed by atoms with E-state index in [4.69, 9.17) is 14.2 Å². The minimum Gasteiger partial charge on any atom is -0.544 e. The Morgan fingerprint density at radius 2 is 0.967 bits per heavy atom. The predicted molar refractivity (Wildman–Crippen MR) is 249 cm³/mol. The number of rotatable bonds is 39. The van der Waals surface area contributed by atoms with Crippen LogP contribution in [0, 0.1) is 0 Å². The molecule has 0 N–H and O–H groups in total. The van der Waals surface area contributed by atoms with Crippen LogP contribution >= 0.6 is 0 Å². The van der Waals surface area contributed by atoms with E-state index < -0.39 is 18.1 Å². The van der Waals surface area contributed by atoms with Crippen LogP contribution in [0.15, 0.2) is 109 Å². The van der Waals surface area contributed by atoms with Gasteiger partial charge in [-0.25, -0.2) is 0 Å². The number of carboxylic acids is 1. The first-order valence-electron chi connectivity index (χ1n) is 23.0. The number of carbonyl (C=O) groups excluding carboxylic acids is 3. The van der Waals surface area contributed by atoms with Gasteiger partial charge in [0.1, 0.15) is 12.6 Å². The average Bonchev–Trinajstić information content (AvgIpc) is 3.21. The number of hydrogen-bond donors (Lipinski definition) is 0. The summed E-state index contributed by atoms with van der Waals surface area (Å²) in [6, 6.07) is -0.742. The molecule has 2 atom stereocenters. The molecule has 8 nitrogen and oxygen atoms in total. The van der Waals surface area contributed by atoms with Crippen molar-refractivity contribution in [3.8, 4) is 0 Å². The molecule has 0 aromatic heterocycles. The van der Waals surface area contributed by atoms with Crippen molar-refractivity contribution in [2.75, 3.05) is 41.0 Å². The molecule has 0 spiro atoms. The number of aliphatic carboxylic acids is 1. The van der Waals surface area contributed by atoms with Gasteiger partial charge in [-0.05, 0) is 77.0 Å². The molecule has 0 aliphatic heterocycles. The van der Waals surface area contributed by atoms with E-state index in [0.717, 1.165) is 89.9 Å². The summed E-state index contributed by atoms with van der Waals surface area (Å²) < 4.78 is 17.1. The van der Waals surface area contributed by atoms with Gasteiger partial charge in [-0.2, -0.15) is 0 Å². The van der Waals surface area contributed by atoms with Crippen molar-refractivity contribution in [2.45, 2.75) is 161 Å². The first kappa shape index (κ1) is 56.0. The Kier molecular flexibility index (Phi) is 38.9. The Balaban J connectivity index is 4.35. The molecular formula is C52H83NO7. The topological polar surface area (TPSA) is 102 Å². The van der Waals surface area contributed by atoms with Crippen molar-refractivity contribution in [2.24, 2.45) is 0 Å². The van der Waals surface area contributed by atoms with Crippen LogP contribution in [0.3, 0.4) is 0 Å². The van der Waals surface area contributed by atoms with Crippen molar-refractivity contribution in [1.29, 1.82) is 0 Å². The highest BCUT2D eigenvalue weighted by molar-refractivity contribution is 5.70. The second kappa shape index (κ2) is 41.7. The maximum Gasteiger partial charge on any atom is 0.306 e. The summed E-state index contributed by atoms with van der Waals surface area (Å²) in [6.07, 6.45) is 56.9. The molecule has 2 unspecified atom stereocenters. The fourth-order valence-corrected chi connectivity index (χ4v) is 5.99. The minimum atomic E-state index is -1.14. The van der Waals surface area contributed by atoms with Crippen LogP contribution in [-0.2, 0) is 28.6 Å².